The summed E-state index contributed by atoms with van der Waals surface area (Å²) in [6.07, 6.45) is -3.17. The van der Waals surface area contributed by atoms with Crippen LogP contribution in [0.15, 0.2) is 0 Å². The molecule has 0 heterocycles. The van der Waals surface area contributed by atoms with Crippen molar-refractivity contribution < 1.29 is 69.2 Å². The van der Waals surface area contributed by atoms with Crippen molar-refractivity contribution in [2.75, 3.05) is 68.7 Å². The van der Waals surface area contributed by atoms with Gasteiger partial charge in [0.25, 0.3) is 0 Å². The molecule has 29 heavy (non-hydrogen) atoms. The molecular formula is C18H42Cl2N2O7. The van der Waals surface area contributed by atoms with Gasteiger partial charge >= 0.3 is 0 Å². The Morgan fingerprint density at radius 3 is 1.10 bits per heavy atom. The van der Waals surface area contributed by atoms with Crippen LogP contribution in [-0.2, 0) is 4.74 Å². The number of quaternary nitrogens is 2. The Balaban J connectivity index is -0.00000338. The number of rotatable bonds is 14. The Morgan fingerprint density at radius 1 is 0.621 bits per heavy atom. The summed E-state index contributed by atoms with van der Waals surface area (Å²) < 4.78 is 6.30. The highest BCUT2D eigenvalue weighted by Crippen LogP contribution is 2.17. The number of aliphatic hydroxyl groups is 6. The molecular weight excluding hydrogens is 427 g/mol. The normalized spacial score (nSPS) is 18.6. The van der Waals surface area contributed by atoms with E-state index in [1.807, 2.05) is 42.3 Å². The van der Waals surface area contributed by atoms with Gasteiger partial charge in [0.15, 0.2) is 0 Å². The van der Waals surface area contributed by atoms with Crippen LogP contribution < -0.4 is 24.8 Å². The van der Waals surface area contributed by atoms with Crippen LogP contribution in [0.25, 0.3) is 0 Å². The van der Waals surface area contributed by atoms with Gasteiger partial charge in [0.2, 0.25) is 0 Å². The predicted molar refractivity (Wildman–Crippen MR) is 102 cm³/mol. The molecule has 6 atom stereocenters. The minimum Gasteiger partial charge on any atom is -1.00 e. The van der Waals surface area contributed by atoms with E-state index >= 15 is 0 Å². The summed E-state index contributed by atoms with van der Waals surface area (Å²) in [4.78, 5) is 0. The average Bonchev–Trinajstić information content (AvgIpc) is 2.54. The van der Waals surface area contributed by atoms with Crippen molar-refractivity contribution in [3.63, 3.8) is 0 Å². The third-order valence-electron chi connectivity index (χ3n) is 4.90. The Bertz CT molecular complexity index is 373. The number of likely N-dealkylation sites (N-methyl/N-ethyl adjacent to an activating group) is 2. The van der Waals surface area contributed by atoms with E-state index in [0.717, 1.165) is 0 Å². The average molecular weight is 469 g/mol. The van der Waals surface area contributed by atoms with Crippen LogP contribution in [0.3, 0.4) is 0 Å². The maximum atomic E-state index is 10.5. The summed E-state index contributed by atoms with van der Waals surface area (Å²) in [6, 6.07) is -0.704. The van der Waals surface area contributed by atoms with Crippen LogP contribution in [0.5, 0.6) is 0 Å². The van der Waals surface area contributed by atoms with E-state index in [0.29, 0.717) is 8.97 Å². The molecule has 0 rings (SSSR count). The van der Waals surface area contributed by atoms with Gasteiger partial charge in [-0.1, -0.05) is 0 Å². The molecule has 0 aromatic carbocycles. The predicted octanol–water partition coefficient (Wildman–Crippen LogP) is -8.63. The molecule has 0 aliphatic carbocycles. The summed E-state index contributed by atoms with van der Waals surface area (Å²) in [5.41, 5.74) is 0. The summed E-state index contributed by atoms with van der Waals surface area (Å²) in [5, 5.41) is 58.6. The van der Waals surface area contributed by atoms with E-state index in [4.69, 9.17) is 14.9 Å². The molecule has 9 nitrogen and oxygen atoms in total. The first kappa shape index (κ1) is 33.8. The van der Waals surface area contributed by atoms with Crippen molar-refractivity contribution >= 4 is 0 Å². The highest BCUT2D eigenvalue weighted by molar-refractivity contribution is 4.75. The summed E-state index contributed by atoms with van der Waals surface area (Å²) in [5.74, 6) is 0. The SMILES string of the molecule is C[N+](C)(C)C(CC(O)CO)C(O)COCC(O)C(CC(O)CO)[N+](C)(C)C.[Cl-].[Cl-]. The second kappa shape index (κ2) is 15.1. The van der Waals surface area contributed by atoms with Crippen LogP contribution in [-0.4, -0.2) is 145 Å². The fourth-order valence-corrected chi connectivity index (χ4v) is 3.22. The molecule has 0 aliphatic heterocycles. The topological polar surface area (TPSA) is 131 Å². The molecule has 0 spiro atoms. The number of nitrogens with zero attached hydrogens (tertiary/aromatic N) is 2. The molecule has 0 aromatic heterocycles. The Hall–Kier alpha value is 0.220. The lowest BCUT2D eigenvalue weighted by atomic mass is 10.0. The minimum atomic E-state index is -0.921. The van der Waals surface area contributed by atoms with E-state index in [1.54, 1.807) is 0 Å². The van der Waals surface area contributed by atoms with Crippen LogP contribution in [0, 0.1) is 0 Å². The highest BCUT2D eigenvalue weighted by Gasteiger charge is 2.36. The molecule has 0 radical (unpaired) electrons. The van der Waals surface area contributed by atoms with Gasteiger partial charge in [-0.15, -0.1) is 0 Å². The fourth-order valence-electron chi connectivity index (χ4n) is 3.22. The number of ether oxygens (including phenoxy) is 1. The van der Waals surface area contributed by atoms with E-state index in [-0.39, 0.29) is 76.2 Å². The van der Waals surface area contributed by atoms with Crippen molar-refractivity contribution in [1.82, 2.24) is 0 Å². The van der Waals surface area contributed by atoms with Crippen molar-refractivity contribution in [1.29, 1.82) is 0 Å². The smallest absolute Gasteiger partial charge is 0.129 e. The quantitative estimate of drug-likeness (QED) is 0.139. The molecule has 11 heteroatoms. The molecule has 0 bridgehead atoms. The van der Waals surface area contributed by atoms with E-state index in [2.05, 4.69) is 0 Å². The van der Waals surface area contributed by atoms with Crippen molar-refractivity contribution in [2.45, 2.75) is 49.3 Å². The van der Waals surface area contributed by atoms with E-state index in [1.165, 1.54) is 0 Å². The molecule has 0 saturated heterocycles. The zero-order chi connectivity index (χ0) is 21.4. The number of aliphatic hydroxyl groups excluding tert-OH is 6. The van der Waals surface area contributed by atoms with Crippen LogP contribution in [0.2, 0.25) is 0 Å². The van der Waals surface area contributed by atoms with Gasteiger partial charge in [0.1, 0.15) is 24.3 Å². The first-order chi connectivity index (χ1) is 12.2. The maximum Gasteiger partial charge on any atom is 0.129 e. The van der Waals surface area contributed by atoms with Crippen LogP contribution >= 0.6 is 0 Å². The number of halogens is 2. The molecule has 0 fully saturated rings. The largest absolute Gasteiger partial charge is 1.00 e. The standard InChI is InChI=1S/C18H42N2O7.2ClH/c1-19(2,3)15(7-13(23)9-21)17(25)11-27-12-18(26)16(20(4,5)6)8-14(24)10-22;;/h13-18,21-26H,7-12H2,1-6H3;2*1H/q+2;;/p-2. The Labute approximate surface area is 187 Å². The first-order valence-corrected chi connectivity index (χ1v) is 9.37. The van der Waals surface area contributed by atoms with Gasteiger partial charge in [-0.25, -0.2) is 0 Å². The van der Waals surface area contributed by atoms with Gasteiger partial charge in [0.05, 0.1) is 80.9 Å². The lowest BCUT2D eigenvalue weighted by Gasteiger charge is -2.39. The summed E-state index contributed by atoms with van der Waals surface area (Å²) in [7, 11) is 11.3. The van der Waals surface area contributed by atoms with Crippen molar-refractivity contribution in [2.24, 2.45) is 0 Å². The molecule has 0 amide bonds. The fraction of sp³-hybridized carbons (Fsp3) is 1.00. The first-order valence-electron chi connectivity index (χ1n) is 9.37. The lowest BCUT2D eigenvalue weighted by molar-refractivity contribution is -0.901. The Morgan fingerprint density at radius 2 is 0.897 bits per heavy atom. The van der Waals surface area contributed by atoms with Crippen molar-refractivity contribution in [3.8, 4) is 0 Å². The van der Waals surface area contributed by atoms with Gasteiger partial charge in [-0.2, -0.15) is 0 Å². The third kappa shape index (κ3) is 13.3. The number of hydrogen-bond donors (Lipinski definition) is 6. The van der Waals surface area contributed by atoms with Gasteiger partial charge in [0, 0.05) is 12.8 Å². The van der Waals surface area contributed by atoms with Gasteiger partial charge in [-0.3, -0.25) is 0 Å². The lowest BCUT2D eigenvalue weighted by Crippen LogP contribution is -3.00. The zero-order valence-electron chi connectivity index (χ0n) is 18.4. The van der Waals surface area contributed by atoms with E-state index in [9.17, 15) is 20.4 Å². The van der Waals surface area contributed by atoms with Gasteiger partial charge < -0.3 is 69.2 Å². The third-order valence-corrected chi connectivity index (χ3v) is 4.90. The van der Waals surface area contributed by atoms with Crippen LogP contribution in [0.1, 0.15) is 12.8 Å². The molecule has 0 saturated carbocycles. The summed E-state index contributed by atoms with van der Waals surface area (Å²) >= 11 is 0. The zero-order valence-corrected chi connectivity index (χ0v) is 20.0. The second-order valence-electron chi connectivity index (χ2n) is 9.18. The minimum absolute atomic E-state index is 0. The van der Waals surface area contributed by atoms with Crippen LogP contribution in [0.4, 0.5) is 0 Å². The highest BCUT2D eigenvalue weighted by atomic mass is 35.5. The molecule has 6 unspecified atom stereocenters. The molecule has 0 aromatic rings. The second-order valence-corrected chi connectivity index (χ2v) is 9.18. The van der Waals surface area contributed by atoms with Gasteiger partial charge in [-0.05, 0) is 0 Å². The maximum absolute atomic E-state index is 10.5. The molecule has 180 valence electrons. The molecule has 6 N–H and O–H groups in total. The van der Waals surface area contributed by atoms with Crippen molar-refractivity contribution in [3.05, 3.63) is 0 Å². The summed E-state index contributed by atoms with van der Waals surface area (Å²) in [6.45, 7) is -0.800. The molecule has 0 aliphatic rings. The van der Waals surface area contributed by atoms with E-state index < -0.39 is 24.4 Å². The number of hydrogen-bond acceptors (Lipinski definition) is 7. The monoisotopic (exact) mass is 468 g/mol. The Kier molecular flexibility index (Phi) is 17.6.